The van der Waals surface area contributed by atoms with E-state index < -0.39 is 23.3 Å². The SMILES string of the molecule is C[C@@H]1O[C@@H](O)[C@H](Br)[C@H](O)[C@@H]1OCc1ccccc1. The Hall–Kier alpha value is -0.460. The third-order valence-corrected chi connectivity index (χ3v) is 4.03. The maximum absolute atomic E-state index is 10.0. The minimum Gasteiger partial charge on any atom is -0.389 e. The normalized spacial score (nSPS) is 36.6. The van der Waals surface area contributed by atoms with Gasteiger partial charge < -0.3 is 19.7 Å². The Kier molecular flexibility index (Phi) is 4.75. The summed E-state index contributed by atoms with van der Waals surface area (Å²) in [6, 6.07) is 9.73. The molecule has 0 unspecified atom stereocenters. The lowest BCUT2D eigenvalue weighted by atomic mass is 10.0. The van der Waals surface area contributed by atoms with E-state index in [2.05, 4.69) is 15.9 Å². The Morgan fingerprint density at radius 2 is 1.94 bits per heavy atom. The van der Waals surface area contributed by atoms with Crippen LogP contribution >= 0.6 is 15.9 Å². The molecule has 0 bridgehead atoms. The third-order valence-electron chi connectivity index (χ3n) is 3.04. The Bertz CT molecular complexity index is 373. The Labute approximate surface area is 115 Å². The van der Waals surface area contributed by atoms with Gasteiger partial charge in [0.1, 0.15) is 12.2 Å². The van der Waals surface area contributed by atoms with Crippen LogP contribution in [0.25, 0.3) is 0 Å². The van der Waals surface area contributed by atoms with Gasteiger partial charge in [-0.25, -0.2) is 0 Å². The van der Waals surface area contributed by atoms with Gasteiger partial charge in [0.2, 0.25) is 0 Å². The predicted octanol–water partition coefficient (Wildman–Crippen LogP) is 1.43. The van der Waals surface area contributed by atoms with Crippen LogP contribution < -0.4 is 0 Å². The topological polar surface area (TPSA) is 58.9 Å². The summed E-state index contributed by atoms with van der Waals surface area (Å²) in [5.41, 5.74) is 1.04. The van der Waals surface area contributed by atoms with Crippen LogP contribution in [0.4, 0.5) is 0 Å². The second kappa shape index (κ2) is 6.12. The first-order valence-electron chi connectivity index (χ1n) is 5.91. The van der Waals surface area contributed by atoms with E-state index in [0.29, 0.717) is 6.61 Å². The number of aliphatic hydroxyl groups excluding tert-OH is 2. The summed E-state index contributed by atoms with van der Waals surface area (Å²) in [5.74, 6) is 0. The summed E-state index contributed by atoms with van der Waals surface area (Å²) in [5, 5.41) is 19.6. The van der Waals surface area contributed by atoms with Crippen LogP contribution in [0.3, 0.4) is 0 Å². The molecule has 1 saturated heterocycles. The molecule has 5 heteroatoms. The molecular weight excluding hydrogens is 300 g/mol. The molecule has 1 fully saturated rings. The first-order chi connectivity index (χ1) is 8.59. The van der Waals surface area contributed by atoms with E-state index in [1.54, 1.807) is 6.92 Å². The zero-order valence-electron chi connectivity index (χ0n) is 10.1. The van der Waals surface area contributed by atoms with E-state index in [0.717, 1.165) is 5.56 Å². The average Bonchev–Trinajstić information content (AvgIpc) is 2.37. The van der Waals surface area contributed by atoms with E-state index in [1.165, 1.54) is 0 Å². The van der Waals surface area contributed by atoms with Crippen molar-refractivity contribution in [3.05, 3.63) is 35.9 Å². The van der Waals surface area contributed by atoms with Gasteiger partial charge in [0.25, 0.3) is 0 Å². The van der Waals surface area contributed by atoms with E-state index in [4.69, 9.17) is 9.47 Å². The summed E-state index contributed by atoms with van der Waals surface area (Å²) in [7, 11) is 0. The second-order valence-corrected chi connectivity index (χ2v) is 5.49. The highest BCUT2D eigenvalue weighted by Crippen LogP contribution is 2.27. The third kappa shape index (κ3) is 3.10. The highest BCUT2D eigenvalue weighted by atomic mass is 79.9. The molecule has 1 aliphatic heterocycles. The highest BCUT2D eigenvalue weighted by molar-refractivity contribution is 9.09. The van der Waals surface area contributed by atoms with Crippen LogP contribution in [0.5, 0.6) is 0 Å². The summed E-state index contributed by atoms with van der Waals surface area (Å²) in [4.78, 5) is -0.533. The average molecular weight is 317 g/mol. The van der Waals surface area contributed by atoms with Gasteiger partial charge in [-0.3, -0.25) is 0 Å². The van der Waals surface area contributed by atoms with Gasteiger partial charge in [0.05, 0.1) is 17.5 Å². The van der Waals surface area contributed by atoms with Crippen molar-refractivity contribution in [3.63, 3.8) is 0 Å². The lowest BCUT2D eigenvalue weighted by Crippen LogP contribution is -2.55. The molecule has 1 aromatic rings. The lowest BCUT2D eigenvalue weighted by Gasteiger charge is -2.39. The van der Waals surface area contributed by atoms with E-state index in [9.17, 15) is 10.2 Å². The number of aliphatic hydroxyl groups is 2. The van der Waals surface area contributed by atoms with Gasteiger partial charge in [-0.05, 0) is 12.5 Å². The first-order valence-corrected chi connectivity index (χ1v) is 6.82. The molecule has 0 saturated carbocycles. The molecule has 0 aromatic heterocycles. The second-order valence-electron chi connectivity index (χ2n) is 4.43. The van der Waals surface area contributed by atoms with Gasteiger partial charge in [0, 0.05) is 0 Å². The minimum atomic E-state index is -1.01. The van der Waals surface area contributed by atoms with Crippen LogP contribution in [0, 0.1) is 0 Å². The Morgan fingerprint density at radius 3 is 2.61 bits per heavy atom. The number of hydrogen-bond acceptors (Lipinski definition) is 4. The van der Waals surface area contributed by atoms with Gasteiger partial charge in [-0.2, -0.15) is 0 Å². The molecule has 0 aliphatic carbocycles. The molecule has 1 aliphatic rings. The number of ether oxygens (including phenoxy) is 2. The Morgan fingerprint density at radius 1 is 1.28 bits per heavy atom. The lowest BCUT2D eigenvalue weighted by molar-refractivity contribution is -0.234. The molecule has 100 valence electrons. The number of rotatable bonds is 3. The molecule has 1 heterocycles. The van der Waals surface area contributed by atoms with Crippen molar-refractivity contribution in [1.29, 1.82) is 0 Å². The van der Waals surface area contributed by atoms with Crippen LogP contribution in [0.1, 0.15) is 12.5 Å². The van der Waals surface area contributed by atoms with Crippen molar-refractivity contribution in [2.75, 3.05) is 0 Å². The number of alkyl halides is 1. The van der Waals surface area contributed by atoms with Crippen LogP contribution in [0.2, 0.25) is 0 Å². The van der Waals surface area contributed by atoms with Crippen LogP contribution in [0.15, 0.2) is 30.3 Å². The Balaban J connectivity index is 1.96. The summed E-state index contributed by atoms with van der Waals surface area (Å²) < 4.78 is 11.0. The van der Waals surface area contributed by atoms with Crippen molar-refractivity contribution in [2.24, 2.45) is 0 Å². The number of hydrogen-bond donors (Lipinski definition) is 2. The van der Waals surface area contributed by atoms with Crippen LogP contribution in [-0.2, 0) is 16.1 Å². The molecule has 0 spiro atoms. The van der Waals surface area contributed by atoms with E-state index in [-0.39, 0.29) is 6.10 Å². The maximum Gasteiger partial charge on any atom is 0.170 e. The molecule has 2 N–H and O–H groups in total. The van der Waals surface area contributed by atoms with Gasteiger partial charge in [-0.1, -0.05) is 46.3 Å². The number of halogens is 1. The smallest absolute Gasteiger partial charge is 0.170 e. The van der Waals surface area contributed by atoms with Gasteiger partial charge in [0.15, 0.2) is 6.29 Å². The standard InChI is InChI=1S/C13H17BrO4/c1-8-12(11(15)10(14)13(16)18-8)17-7-9-5-3-2-4-6-9/h2-6,8,10-13,15-16H,7H2,1H3/t8-,10+,11-,12+,13+/m0/s1. The molecule has 0 amide bonds. The predicted molar refractivity (Wildman–Crippen MR) is 70.3 cm³/mol. The summed E-state index contributed by atoms with van der Waals surface area (Å²) >= 11 is 3.21. The van der Waals surface area contributed by atoms with Crippen molar-refractivity contribution in [1.82, 2.24) is 0 Å². The minimum absolute atomic E-state index is 0.354. The van der Waals surface area contributed by atoms with E-state index in [1.807, 2.05) is 30.3 Å². The molecular formula is C13H17BrO4. The number of benzene rings is 1. The molecule has 4 nitrogen and oxygen atoms in total. The molecule has 18 heavy (non-hydrogen) atoms. The maximum atomic E-state index is 10.0. The van der Waals surface area contributed by atoms with Crippen LogP contribution in [-0.4, -0.2) is 39.6 Å². The summed E-state index contributed by atoms with van der Waals surface area (Å²) in [6.07, 6.45) is -2.62. The fraction of sp³-hybridized carbons (Fsp3) is 0.538. The van der Waals surface area contributed by atoms with Crippen molar-refractivity contribution in [2.45, 2.75) is 43.0 Å². The molecule has 2 rings (SSSR count). The zero-order valence-corrected chi connectivity index (χ0v) is 11.7. The molecule has 1 aromatic carbocycles. The monoisotopic (exact) mass is 316 g/mol. The quantitative estimate of drug-likeness (QED) is 0.828. The highest BCUT2D eigenvalue weighted by Gasteiger charge is 2.42. The fourth-order valence-corrected chi connectivity index (χ4v) is 2.43. The summed E-state index contributed by atoms with van der Waals surface area (Å²) in [6.45, 7) is 2.19. The van der Waals surface area contributed by atoms with Gasteiger partial charge >= 0.3 is 0 Å². The van der Waals surface area contributed by atoms with Crippen molar-refractivity contribution in [3.8, 4) is 0 Å². The van der Waals surface area contributed by atoms with Crippen molar-refractivity contribution < 1.29 is 19.7 Å². The molecule has 0 radical (unpaired) electrons. The first kappa shape index (κ1) is 14.0. The van der Waals surface area contributed by atoms with Gasteiger partial charge in [-0.15, -0.1) is 0 Å². The largest absolute Gasteiger partial charge is 0.389 e. The van der Waals surface area contributed by atoms with E-state index >= 15 is 0 Å². The van der Waals surface area contributed by atoms with Crippen molar-refractivity contribution >= 4 is 15.9 Å². The zero-order chi connectivity index (χ0) is 13.1. The molecule has 5 atom stereocenters. The fourth-order valence-electron chi connectivity index (χ4n) is 2.00.